The molecule has 2 aromatic rings. The fraction of sp³-hybridized carbons (Fsp3) is 0.455. The van der Waals surface area contributed by atoms with E-state index in [9.17, 15) is 9.59 Å². The summed E-state index contributed by atoms with van der Waals surface area (Å²) >= 11 is 1.48. The van der Waals surface area contributed by atoms with Crippen LogP contribution in [0.15, 0.2) is 24.3 Å². The van der Waals surface area contributed by atoms with Crippen molar-refractivity contribution < 1.29 is 14.3 Å². The standard InChI is InChI=1S/C22H28N2O3S/c1-2-7-15-10-12-16(13-11-15)27-14-19(25)24-22-20(21(23)26)17-8-5-3-4-6-9-18(17)28-22/h10-13H,2-9,14H2,1H3,(H2,23,26)(H,24,25). The van der Waals surface area contributed by atoms with Crippen LogP contribution in [0.4, 0.5) is 5.00 Å². The van der Waals surface area contributed by atoms with E-state index in [0.717, 1.165) is 44.1 Å². The first-order chi connectivity index (χ1) is 13.6. The van der Waals surface area contributed by atoms with Crippen molar-refractivity contribution >= 4 is 28.2 Å². The Morgan fingerprint density at radius 3 is 2.50 bits per heavy atom. The summed E-state index contributed by atoms with van der Waals surface area (Å²) in [6.45, 7) is 2.04. The first-order valence-electron chi connectivity index (χ1n) is 10.0. The summed E-state index contributed by atoms with van der Waals surface area (Å²) in [7, 11) is 0. The topological polar surface area (TPSA) is 81.4 Å². The van der Waals surface area contributed by atoms with Crippen molar-refractivity contribution in [2.24, 2.45) is 5.73 Å². The minimum absolute atomic E-state index is 0.103. The summed E-state index contributed by atoms with van der Waals surface area (Å²) in [5.41, 5.74) is 8.40. The van der Waals surface area contributed by atoms with Crippen LogP contribution in [0.25, 0.3) is 0 Å². The van der Waals surface area contributed by atoms with E-state index in [1.54, 1.807) is 0 Å². The van der Waals surface area contributed by atoms with Crippen molar-refractivity contribution in [3.63, 3.8) is 0 Å². The lowest BCUT2D eigenvalue weighted by Gasteiger charge is -2.10. The van der Waals surface area contributed by atoms with Gasteiger partial charge in [-0.2, -0.15) is 0 Å². The lowest BCUT2D eigenvalue weighted by molar-refractivity contribution is -0.118. The highest BCUT2D eigenvalue weighted by atomic mass is 32.1. The molecule has 3 N–H and O–H groups in total. The summed E-state index contributed by atoms with van der Waals surface area (Å²) < 4.78 is 5.59. The number of nitrogens with one attached hydrogen (secondary N) is 1. The van der Waals surface area contributed by atoms with Gasteiger partial charge in [0.05, 0.1) is 5.56 Å². The minimum atomic E-state index is -0.471. The Morgan fingerprint density at radius 2 is 1.82 bits per heavy atom. The second-order valence-corrected chi connectivity index (χ2v) is 8.32. The third-order valence-electron chi connectivity index (χ3n) is 5.00. The zero-order valence-corrected chi connectivity index (χ0v) is 17.2. The molecule has 0 bridgehead atoms. The number of ether oxygens (including phenoxy) is 1. The maximum atomic E-state index is 12.4. The van der Waals surface area contributed by atoms with Gasteiger partial charge in [-0.15, -0.1) is 11.3 Å². The van der Waals surface area contributed by atoms with Gasteiger partial charge < -0.3 is 15.8 Å². The van der Waals surface area contributed by atoms with Crippen molar-refractivity contribution in [2.75, 3.05) is 11.9 Å². The zero-order chi connectivity index (χ0) is 19.9. The third kappa shape index (κ3) is 5.13. The van der Waals surface area contributed by atoms with Crippen molar-refractivity contribution in [1.29, 1.82) is 0 Å². The molecule has 1 aromatic heterocycles. The first-order valence-corrected chi connectivity index (χ1v) is 10.9. The molecule has 6 heteroatoms. The van der Waals surface area contributed by atoms with Crippen LogP contribution in [0, 0.1) is 0 Å². The fourth-order valence-corrected chi connectivity index (χ4v) is 4.93. The van der Waals surface area contributed by atoms with Crippen LogP contribution in [0.3, 0.4) is 0 Å². The summed E-state index contributed by atoms with van der Waals surface area (Å²) in [5.74, 6) is -0.0984. The van der Waals surface area contributed by atoms with Crippen LogP contribution >= 0.6 is 11.3 Å². The molecule has 3 rings (SSSR count). The molecule has 0 spiro atoms. The number of carbonyl (C=O) groups excluding carboxylic acids is 2. The Balaban J connectivity index is 1.66. The highest BCUT2D eigenvalue weighted by Crippen LogP contribution is 2.36. The Labute approximate surface area is 170 Å². The molecule has 0 radical (unpaired) electrons. The molecule has 0 saturated heterocycles. The van der Waals surface area contributed by atoms with Crippen molar-refractivity contribution in [3.05, 3.63) is 45.8 Å². The second-order valence-electron chi connectivity index (χ2n) is 7.22. The number of carbonyl (C=O) groups is 2. The summed E-state index contributed by atoms with van der Waals surface area (Å²) in [5, 5.41) is 3.41. The normalized spacial score (nSPS) is 13.9. The third-order valence-corrected chi connectivity index (χ3v) is 6.21. The van der Waals surface area contributed by atoms with Crippen molar-refractivity contribution in [2.45, 2.75) is 58.3 Å². The van der Waals surface area contributed by atoms with Crippen LogP contribution in [-0.4, -0.2) is 18.4 Å². The van der Waals surface area contributed by atoms with Crippen LogP contribution < -0.4 is 15.8 Å². The van der Waals surface area contributed by atoms with E-state index in [2.05, 4.69) is 12.2 Å². The SMILES string of the molecule is CCCc1ccc(OCC(=O)Nc2sc3c(c2C(N)=O)CCCCCC3)cc1. The molecule has 0 saturated carbocycles. The number of rotatable bonds is 7. The average Bonchev–Trinajstić information content (AvgIpc) is 2.98. The second kappa shape index (κ2) is 9.73. The molecule has 5 nitrogen and oxygen atoms in total. The van der Waals surface area contributed by atoms with Gasteiger partial charge in [-0.3, -0.25) is 9.59 Å². The van der Waals surface area contributed by atoms with Crippen LogP contribution in [-0.2, 0) is 24.1 Å². The number of primary amides is 1. The van der Waals surface area contributed by atoms with Crippen LogP contribution in [0.5, 0.6) is 5.75 Å². The number of anilines is 1. The molecular weight excluding hydrogens is 372 g/mol. The van der Waals surface area contributed by atoms with E-state index in [1.807, 2.05) is 24.3 Å². The van der Waals surface area contributed by atoms with E-state index >= 15 is 0 Å². The van der Waals surface area contributed by atoms with Gasteiger partial charge in [-0.25, -0.2) is 0 Å². The van der Waals surface area contributed by atoms with Gasteiger partial charge in [0.15, 0.2) is 6.61 Å². The molecule has 1 heterocycles. The summed E-state index contributed by atoms with van der Waals surface area (Å²) in [6, 6.07) is 7.79. The lowest BCUT2D eigenvalue weighted by atomic mass is 9.96. The first kappa shape index (κ1) is 20.4. The maximum Gasteiger partial charge on any atom is 0.262 e. The van der Waals surface area contributed by atoms with E-state index in [-0.39, 0.29) is 12.5 Å². The predicted molar refractivity (Wildman–Crippen MR) is 113 cm³/mol. The number of benzene rings is 1. The van der Waals surface area contributed by atoms with Gasteiger partial charge in [0.2, 0.25) is 0 Å². The summed E-state index contributed by atoms with van der Waals surface area (Å²) in [6.07, 6.45) is 8.44. The smallest absolute Gasteiger partial charge is 0.262 e. The van der Waals surface area contributed by atoms with Crippen LogP contribution in [0.1, 0.15) is 65.4 Å². The zero-order valence-electron chi connectivity index (χ0n) is 16.4. The minimum Gasteiger partial charge on any atom is -0.484 e. The maximum absolute atomic E-state index is 12.4. The number of aryl methyl sites for hydroxylation is 2. The number of hydrogen-bond donors (Lipinski definition) is 2. The Bertz CT molecular complexity index is 827. The average molecular weight is 401 g/mol. The van der Waals surface area contributed by atoms with Gasteiger partial charge in [-0.05, 0) is 55.4 Å². The summed E-state index contributed by atoms with van der Waals surface area (Å²) in [4.78, 5) is 25.6. The molecule has 1 aliphatic rings. The quantitative estimate of drug-likeness (QED) is 0.719. The lowest BCUT2D eigenvalue weighted by Crippen LogP contribution is -2.22. The monoisotopic (exact) mass is 400 g/mol. The molecule has 0 fully saturated rings. The number of thiophene rings is 1. The van der Waals surface area contributed by atoms with Crippen molar-refractivity contribution in [1.82, 2.24) is 0 Å². The molecule has 1 aliphatic carbocycles. The molecule has 1 aromatic carbocycles. The molecule has 28 heavy (non-hydrogen) atoms. The van der Waals surface area contributed by atoms with Gasteiger partial charge in [0.1, 0.15) is 10.8 Å². The largest absolute Gasteiger partial charge is 0.484 e. The molecule has 0 atom stereocenters. The van der Waals surface area contributed by atoms with Gasteiger partial charge in [-0.1, -0.05) is 38.3 Å². The number of fused-ring (bicyclic) bond motifs is 1. The van der Waals surface area contributed by atoms with Crippen LogP contribution in [0.2, 0.25) is 0 Å². The molecule has 2 amide bonds. The Kier molecular flexibility index (Phi) is 7.09. The fourth-order valence-electron chi connectivity index (χ4n) is 3.62. The molecular formula is C22H28N2O3S. The van der Waals surface area contributed by atoms with Crippen molar-refractivity contribution in [3.8, 4) is 5.75 Å². The molecule has 150 valence electrons. The molecule has 0 unspecified atom stereocenters. The number of amides is 2. The molecule has 0 aliphatic heterocycles. The Morgan fingerprint density at radius 1 is 1.11 bits per heavy atom. The van der Waals surface area contributed by atoms with Gasteiger partial charge >= 0.3 is 0 Å². The van der Waals surface area contributed by atoms with E-state index in [1.165, 1.54) is 34.6 Å². The van der Waals surface area contributed by atoms with Gasteiger partial charge in [0, 0.05) is 4.88 Å². The van der Waals surface area contributed by atoms with Gasteiger partial charge in [0.25, 0.3) is 11.8 Å². The van der Waals surface area contributed by atoms with E-state index in [0.29, 0.717) is 16.3 Å². The van der Waals surface area contributed by atoms with E-state index in [4.69, 9.17) is 10.5 Å². The highest BCUT2D eigenvalue weighted by molar-refractivity contribution is 7.17. The Hall–Kier alpha value is -2.34. The number of hydrogen-bond acceptors (Lipinski definition) is 4. The highest BCUT2D eigenvalue weighted by Gasteiger charge is 2.23. The van der Waals surface area contributed by atoms with E-state index < -0.39 is 5.91 Å². The predicted octanol–water partition coefficient (Wildman–Crippen LogP) is 4.48. The number of nitrogens with two attached hydrogens (primary N) is 1.